The minimum absolute atomic E-state index is 0.205. The Labute approximate surface area is 150 Å². The summed E-state index contributed by atoms with van der Waals surface area (Å²) in [5.74, 6) is 0. The van der Waals surface area contributed by atoms with Crippen molar-refractivity contribution in [3.05, 3.63) is 91.0 Å². The van der Waals surface area contributed by atoms with Crippen molar-refractivity contribution < 1.29 is 2.69 Å². The van der Waals surface area contributed by atoms with Crippen molar-refractivity contribution in [3.63, 3.8) is 0 Å². The maximum atomic E-state index is 7.01. The summed E-state index contributed by atoms with van der Waals surface area (Å²) in [7, 11) is 0. The first kappa shape index (κ1) is 17.4. The molecule has 0 saturated heterocycles. The Morgan fingerprint density at radius 2 is 0.833 bits per heavy atom. The number of benzene rings is 3. The summed E-state index contributed by atoms with van der Waals surface area (Å²) < 4.78 is 11.1. The van der Waals surface area contributed by atoms with E-state index in [4.69, 9.17) is 2.69 Å². The second-order valence-corrected chi connectivity index (χ2v) is 19.8. The molecule has 0 aromatic heterocycles. The van der Waals surface area contributed by atoms with Crippen LogP contribution >= 0.6 is 0 Å². The zero-order chi connectivity index (χ0) is 17.0. The fourth-order valence-electron chi connectivity index (χ4n) is 3.15. The Balaban J connectivity index is 2.33. The average Bonchev–Trinajstić information content (AvgIpc) is 2.61. The molecule has 2 heteroatoms. The molecule has 24 heavy (non-hydrogen) atoms. The average molecular weight is 512 g/mol. The first-order valence-corrected chi connectivity index (χ1v) is 15.8. The van der Waals surface area contributed by atoms with Crippen molar-refractivity contribution in [2.75, 3.05) is 0 Å². The summed E-state index contributed by atoms with van der Waals surface area (Å²) in [4.78, 5) is 0. The topological polar surface area (TPSA) is 9.23 Å². The third-order valence-electron chi connectivity index (χ3n) is 4.00. The third kappa shape index (κ3) is 3.62. The first-order chi connectivity index (χ1) is 11.5. The van der Waals surface area contributed by atoms with Crippen LogP contribution in [0.1, 0.15) is 20.8 Å². The van der Waals surface area contributed by atoms with Gasteiger partial charge >= 0.3 is 151 Å². The molecule has 1 nitrogen and oxygen atoms in total. The van der Waals surface area contributed by atoms with Gasteiger partial charge in [-0.05, 0) is 0 Å². The van der Waals surface area contributed by atoms with Crippen LogP contribution in [0.25, 0.3) is 0 Å². The van der Waals surface area contributed by atoms with Gasteiger partial charge in [-0.15, -0.1) is 0 Å². The zero-order valence-corrected chi connectivity index (χ0v) is 18.5. The van der Waals surface area contributed by atoms with Crippen molar-refractivity contribution >= 4 is 31.0 Å². The SMILES string of the molecule is CC(C)(C)[O][Pb]([c]1ccccc1)([c]1ccccc1)[c]1ccccc1. The fourth-order valence-corrected chi connectivity index (χ4v) is 19.7. The molecule has 3 rings (SSSR count). The van der Waals surface area contributed by atoms with E-state index in [-0.39, 0.29) is 5.60 Å². The predicted octanol–water partition coefficient (Wildman–Crippen LogP) is 3.47. The van der Waals surface area contributed by atoms with Gasteiger partial charge in [0.15, 0.2) is 0 Å². The number of rotatable bonds is 4. The Morgan fingerprint density at radius 1 is 0.542 bits per heavy atom. The van der Waals surface area contributed by atoms with Crippen LogP contribution in [0.5, 0.6) is 0 Å². The van der Waals surface area contributed by atoms with Crippen LogP contribution in [0.2, 0.25) is 0 Å². The number of hydrogen-bond acceptors (Lipinski definition) is 1. The standard InChI is InChI=1S/3C6H5.C4H9O.Pb/c3*1-2-4-6-5-3-1;1-4(2,3)5;/h3*1-5H;1-3H3;/q;;;-1;+1. The van der Waals surface area contributed by atoms with E-state index in [1.165, 1.54) is 9.37 Å². The van der Waals surface area contributed by atoms with Gasteiger partial charge in [0.1, 0.15) is 0 Å². The van der Waals surface area contributed by atoms with Crippen molar-refractivity contribution in [1.82, 2.24) is 0 Å². The zero-order valence-electron chi connectivity index (χ0n) is 14.6. The van der Waals surface area contributed by atoms with Crippen molar-refractivity contribution in [1.29, 1.82) is 0 Å². The van der Waals surface area contributed by atoms with Crippen molar-refractivity contribution in [2.45, 2.75) is 26.4 Å². The molecule has 0 heterocycles. The molecular formula is C22H24OPb. The second kappa shape index (κ2) is 7.20. The minimum atomic E-state index is -3.71. The van der Waals surface area contributed by atoms with E-state index < -0.39 is 21.6 Å². The Hall–Kier alpha value is -1.46. The molecular weight excluding hydrogens is 487 g/mol. The molecule has 0 spiro atoms. The Bertz CT molecular complexity index is 665. The summed E-state index contributed by atoms with van der Waals surface area (Å²) >= 11 is -3.71. The molecule has 3 aromatic rings. The van der Waals surface area contributed by atoms with Crippen LogP contribution in [-0.2, 0) is 2.69 Å². The van der Waals surface area contributed by atoms with Gasteiger partial charge in [-0.25, -0.2) is 0 Å². The van der Waals surface area contributed by atoms with Crippen LogP contribution in [0.4, 0.5) is 0 Å². The molecule has 0 unspecified atom stereocenters. The second-order valence-electron chi connectivity index (χ2n) is 6.99. The van der Waals surface area contributed by atoms with Crippen LogP contribution in [-0.4, -0.2) is 27.2 Å². The summed E-state index contributed by atoms with van der Waals surface area (Å²) in [5, 5.41) is 0. The number of hydrogen-bond donors (Lipinski definition) is 0. The quantitative estimate of drug-likeness (QED) is 0.488. The molecule has 122 valence electrons. The van der Waals surface area contributed by atoms with Crippen LogP contribution in [0, 0.1) is 0 Å². The third-order valence-corrected chi connectivity index (χ3v) is 20.9. The van der Waals surface area contributed by atoms with Crippen LogP contribution in [0.15, 0.2) is 91.0 Å². The van der Waals surface area contributed by atoms with Gasteiger partial charge in [-0.3, -0.25) is 0 Å². The summed E-state index contributed by atoms with van der Waals surface area (Å²) in [6.45, 7) is 6.49. The molecule has 0 aliphatic heterocycles. The van der Waals surface area contributed by atoms with Crippen LogP contribution in [0.3, 0.4) is 0 Å². The monoisotopic (exact) mass is 512 g/mol. The Morgan fingerprint density at radius 3 is 1.08 bits per heavy atom. The van der Waals surface area contributed by atoms with E-state index in [2.05, 4.69) is 112 Å². The Kier molecular flexibility index (Phi) is 5.21. The molecule has 0 saturated carbocycles. The molecule has 0 radical (unpaired) electrons. The molecule has 0 bridgehead atoms. The van der Waals surface area contributed by atoms with E-state index in [0.29, 0.717) is 0 Å². The predicted molar refractivity (Wildman–Crippen MR) is 105 cm³/mol. The van der Waals surface area contributed by atoms with Gasteiger partial charge < -0.3 is 0 Å². The fraction of sp³-hybridized carbons (Fsp3) is 0.182. The van der Waals surface area contributed by atoms with E-state index in [0.717, 1.165) is 0 Å². The normalized spacial score (nSPS) is 12.1. The molecule has 0 atom stereocenters. The van der Waals surface area contributed by atoms with Crippen molar-refractivity contribution in [2.24, 2.45) is 0 Å². The molecule has 0 aliphatic rings. The molecule has 0 fully saturated rings. The van der Waals surface area contributed by atoms with E-state index in [1.807, 2.05) is 0 Å². The van der Waals surface area contributed by atoms with Gasteiger partial charge in [0.2, 0.25) is 0 Å². The van der Waals surface area contributed by atoms with Gasteiger partial charge in [-0.2, -0.15) is 0 Å². The van der Waals surface area contributed by atoms with E-state index in [9.17, 15) is 0 Å². The molecule has 0 N–H and O–H groups in total. The maximum absolute atomic E-state index is 7.01. The van der Waals surface area contributed by atoms with Gasteiger partial charge in [0.05, 0.1) is 0 Å². The van der Waals surface area contributed by atoms with Crippen LogP contribution < -0.4 is 9.37 Å². The first-order valence-electron chi connectivity index (χ1n) is 8.39. The summed E-state index contributed by atoms with van der Waals surface area (Å²) in [6.07, 6.45) is 0. The summed E-state index contributed by atoms with van der Waals surface area (Å²) in [6, 6.07) is 32.5. The molecule has 0 amide bonds. The molecule has 0 aliphatic carbocycles. The van der Waals surface area contributed by atoms with Gasteiger partial charge in [-0.1, -0.05) is 0 Å². The van der Waals surface area contributed by atoms with Crippen molar-refractivity contribution in [3.8, 4) is 0 Å². The summed E-state index contributed by atoms with van der Waals surface area (Å²) in [5.41, 5.74) is -0.205. The van der Waals surface area contributed by atoms with E-state index >= 15 is 0 Å². The molecule has 3 aromatic carbocycles. The van der Waals surface area contributed by atoms with Gasteiger partial charge in [0, 0.05) is 0 Å². The van der Waals surface area contributed by atoms with Gasteiger partial charge in [0.25, 0.3) is 0 Å². The van der Waals surface area contributed by atoms with E-state index in [1.54, 1.807) is 0 Å².